The van der Waals surface area contributed by atoms with Gasteiger partial charge in [-0.25, -0.2) is 4.57 Å². The van der Waals surface area contributed by atoms with Crippen LogP contribution in [0.15, 0.2) is 0 Å². The van der Waals surface area contributed by atoms with Gasteiger partial charge in [-0.15, -0.1) is 0 Å². The van der Waals surface area contributed by atoms with Crippen LogP contribution in [0.4, 0.5) is 0 Å². The highest BCUT2D eigenvalue weighted by molar-refractivity contribution is 7.46. The van der Waals surface area contributed by atoms with Gasteiger partial charge in [0, 0.05) is 6.61 Å². The van der Waals surface area contributed by atoms with Crippen LogP contribution in [0.25, 0.3) is 0 Å². The third kappa shape index (κ3) is 10.1. The summed E-state index contributed by atoms with van der Waals surface area (Å²) in [5, 5.41) is 0. The molecule has 2 N–H and O–H groups in total. The summed E-state index contributed by atoms with van der Waals surface area (Å²) in [7, 11) is -4.31. The van der Waals surface area contributed by atoms with Crippen molar-refractivity contribution in [1.82, 2.24) is 0 Å². The number of phosphoric acid groups is 1. The number of ether oxygens (including phenoxy) is 1. The van der Waals surface area contributed by atoms with Gasteiger partial charge in [-0.05, 0) is 5.92 Å². The summed E-state index contributed by atoms with van der Waals surface area (Å²) >= 11 is 0. The average Bonchev–Trinajstić information content (AvgIpc) is 1.83. The van der Waals surface area contributed by atoms with Crippen LogP contribution in [0.2, 0.25) is 0 Å². The van der Waals surface area contributed by atoms with E-state index in [1.54, 1.807) is 0 Å². The monoisotopic (exact) mass is 198 g/mol. The normalized spacial score (nSPS) is 12.4. The van der Waals surface area contributed by atoms with Crippen molar-refractivity contribution in [3.05, 3.63) is 0 Å². The van der Waals surface area contributed by atoms with Crippen LogP contribution in [0, 0.1) is 5.92 Å². The van der Waals surface area contributed by atoms with Crippen molar-refractivity contribution < 1.29 is 23.6 Å². The van der Waals surface area contributed by atoms with E-state index in [2.05, 4.69) is 4.52 Å². The molecule has 12 heavy (non-hydrogen) atoms. The zero-order valence-electron chi connectivity index (χ0n) is 7.27. The fourth-order valence-electron chi connectivity index (χ4n) is 0.534. The molecule has 0 heterocycles. The smallest absolute Gasteiger partial charge is 0.379 e. The highest BCUT2D eigenvalue weighted by Crippen LogP contribution is 2.35. The fraction of sp³-hybridized carbons (Fsp3) is 1.00. The zero-order valence-corrected chi connectivity index (χ0v) is 8.16. The topological polar surface area (TPSA) is 76.0 Å². The molecule has 0 aliphatic rings. The molecule has 0 radical (unpaired) electrons. The van der Waals surface area contributed by atoms with E-state index in [9.17, 15) is 4.57 Å². The van der Waals surface area contributed by atoms with Gasteiger partial charge in [-0.3, -0.25) is 4.52 Å². The largest absolute Gasteiger partial charge is 0.469 e. The fourth-order valence-corrected chi connectivity index (χ4v) is 0.847. The first-order valence-electron chi connectivity index (χ1n) is 3.69. The Morgan fingerprint density at radius 3 is 2.33 bits per heavy atom. The maximum atomic E-state index is 10.1. The molecule has 0 aliphatic carbocycles. The number of rotatable bonds is 6. The molecule has 0 saturated carbocycles. The van der Waals surface area contributed by atoms with Crippen LogP contribution in [-0.2, 0) is 13.8 Å². The number of phosphoric ester groups is 1. The second-order valence-electron chi connectivity index (χ2n) is 2.79. The standard InChI is InChI=1S/C6H15O5P/c1-6(2)5-10-3-4-11-12(7,8)9/h6H,3-5H2,1-2H3,(H2,7,8,9). The highest BCUT2D eigenvalue weighted by Gasteiger charge is 2.12. The Kier molecular flexibility index (Phi) is 5.70. The molecule has 0 spiro atoms. The van der Waals surface area contributed by atoms with Gasteiger partial charge in [0.2, 0.25) is 0 Å². The minimum Gasteiger partial charge on any atom is -0.379 e. The third-order valence-electron chi connectivity index (χ3n) is 0.938. The van der Waals surface area contributed by atoms with Gasteiger partial charge in [0.25, 0.3) is 0 Å². The van der Waals surface area contributed by atoms with Gasteiger partial charge in [-0.1, -0.05) is 13.8 Å². The van der Waals surface area contributed by atoms with E-state index in [1.807, 2.05) is 13.8 Å². The van der Waals surface area contributed by atoms with E-state index in [0.29, 0.717) is 12.5 Å². The van der Waals surface area contributed by atoms with Gasteiger partial charge < -0.3 is 14.5 Å². The van der Waals surface area contributed by atoms with Crippen molar-refractivity contribution >= 4 is 7.82 Å². The molecule has 74 valence electrons. The van der Waals surface area contributed by atoms with E-state index >= 15 is 0 Å². The van der Waals surface area contributed by atoms with Crippen molar-refractivity contribution in [3.63, 3.8) is 0 Å². The van der Waals surface area contributed by atoms with E-state index in [0.717, 1.165) is 0 Å². The summed E-state index contributed by atoms with van der Waals surface area (Å²) in [5.41, 5.74) is 0. The second kappa shape index (κ2) is 5.67. The predicted molar refractivity (Wildman–Crippen MR) is 43.7 cm³/mol. The summed E-state index contributed by atoms with van der Waals surface area (Å²) in [6.45, 7) is 4.69. The SMILES string of the molecule is CC(C)COCCOP(=O)(O)O. The minimum absolute atomic E-state index is 0.0724. The predicted octanol–water partition coefficient (Wildman–Crippen LogP) is 0.768. The van der Waals surface area contributed by atoms with Crippen molar-refractivity contribution in [1.29, 1.82) is 0 Å². The molecule has 0 amide bonds. The van der Waals surface area contributed by atoms with Crippen LogP contribution < -0.4 is 0 Å². The Bertz CT molecular complexity index is 152. The van der Waals surface area contributed by atoms with Gasteiger partial charge in [0.15, 0.2) is 0 Å². The molecule has 5 nitrogen and oxygen atoms in total. The molecule has 0 aromatic rings. The molecular formula is C6H15O5P. The Morgan fingerprint density at radius 2 is 1.92 bits per heavy atom. The molecule has 6 heteroatoms. The van der Waals surface area contributed by atoms with Crippen molar-refractivity contribution in [3.8, 4) is 0 Å². The highest BCUT2D eigenvalue weighted by atomic mass is 31.2. The molecule has 0 atom stereocenters. The van der Waals surface area contributed by atoms with Crippen LogP contribution in [-0.4, -0.2) is 29.6 Å². The summed E-state index contributed by atoms with van der Waals surface area (Å²) in [5.74, 6) is 0.417. The molecule has 0 aromatic heterocycles. The minimum atomic E-state index is -4.31. The molecule has 0 fully saturated rings. The molecule has 0 unspecified atom stereocenters. The third-order valence-corrected chi connectivity index (χ3v) is 1.46. The Labute approximate surface area is 71.9 Å². The first-order chi connectivity index (χ1) is 5.42. The molecule has 0 bridgehead atoms. The lowest BCUT2D eigenvalue weighted by molar-refractivity contribution is 0.0707. The van der Waals surface area contributed by atoms with Crippen LogP contribution in [0.5, 0.6) is 0 Å². The first-order valence-corrected chi connectivity index (χ1v) is 5.22. The summed E-state index contributed by atoms with van der Waals surface area (Å²) in [6, 6.07) is 0. The van der Waals surface area contributed by atoms with E-state index in [-0.39, 0.29) is 13.2 Å². The van der Waals surface area contributed by atoms with Gasteiger partial charge >= 0.3 is 7.82 Å². The lowest BCUT2D eigenvalue weighted by Crippen LogP contribution is -2.07. The average molecular weight is 198 g/mol. The molecule has 0 aliphatic heterocycles. The van der Waals surface area contributed by atoms with Crippen molar-refractivity contribution in [2.45, 2.75) is 13.8 Å². The Balaban J connectivity index is 3.17. The summed E-state index contributed by atoms with van der Waals surface area (Å²) in [6.07, 6.45) is 0. The van der Waals surface area contributed by atoms with Crippen molar-refractivity contribution in [2.24, 2.45) is 5.92 Å². The molecule has 0 aromatic carbocycles. The maximum absolute atomic E-state index is 10.1. The van der Waals surface area contributed by atoms with Gasteiger partial charge in [0.05, 0.1) is 13.2 Å². The molecule has 0 rings (SSSR count). The quantitative estimate of drug-likeness (QED) is 0.487. The van der Waals surface area contributed by atoms with E-state index in [4.69, 9.17) is 14.5 Å². The summed E-state index contributed by atoms with van der Waals surface area (Å²) in [4.78, 5) is 16.5. The summed E-state index contributed by atoms with van der Waals surface area (Å²) < 4.78 is 19.3. The number of hydrogen-bond acceptors (Lipinski definition) is 3. The van der Waals surface area contributed by atoms with E-state index < -0.39 is 7.82 Å². The lowest BCUT2D eigenvalue weighted by Gasteiger charge is -2.07. The van der Waals surface area contributed by atoms with Crippen molar-refractivity contribution in [2.75, 3.05) is 19.8 Å². The number of hydrogen-bond donors (Lipinski definition) is 2. The van der Waals surface area contributed by atoms with Gasteiger partial charge in [0.1, 0.15) is 0 Å². The lowest BCUT2D eigenvalue weighted by atomic mass is 10.2. The first kappa shape index (κ1) is 12.1. The Hall–Kier alpha value is 0.0700. The molecule has 0 saturated heterocycles. The van der Waals surface area contributed by atoms with E-state index in [1.165, 1.54) is 0 Å². The second-order valence-corrected chi connectivity index (χ2v) is 4.03. The zero-order chi connectivity index (χ0) is 9.61. The van der Waals surface area contributed by atoms with Crippen LogP contribution in [0.1, 0.15) is 13.8 Å². The van der Waals surface area contributed by atoms with Gasteiger partial charge in [-0.2, -0.15) is 0 Å². The Morgan fingerprint density at radius 1 is 1.33 bits per heavy atom. The maximum Gasteiger partial charge on any atom is 0.469 e. The van der Waals surface area contributed by atoms with Crippen LogP contribution >= 0.6 is 7.82 Å². The molecular weight excluding hydrogens is 183 g/mol. The van der Waals surface area contributed by atoms with Crippen LogP contribution in [0.3, 0.4) is 0 Å².